The van der Waals surface area contributed by atoms with Crippen molar-refractivity contribution in [2.75, 3.05) is 109 Å². The summed E-state index contributed by atoms with van der Waals surface area (Å²) in [4.78, 5) is 104. The molecule has 0 fully saturated rings. The Hall–Kier alpha value is -7.50. The number of nitrogens with one attached hydrogen (secondary N) is 2. The minimum Gasteiger partial charge on any atom is -0.354 e. The molecule has 0 saturated carbocycles. The maximum absolute atomic E-state index is 15.0. The first kappa shape index (κ1) is 94.4. The number of carbonyl (C=O) groups is 4. The topological polar surface area (TPSA) is 189 Å². The lowest BCUT2D eigenvalue weighted by Crippen LogP contribution is -2.41. The third-order valence-electron chi connectivity index (χ3n) is 25.1. The van der Waals surface area contributed by atoms with E-state index in [1.165, 1.54) is 267 Å². The number of anilines is 6. The van der Waals surface area contributed by atoms with Crippen LogP contribution in [0.4, 0.5) is 35.7 Å². The van der Waals surface area contributed by atoms with E-state index in [1.54, 1.807) is 0 Å². The van der Waals surface area contributed by atoms with Gasteiger partial charge in [-0.05, 0) is 121 Å². The molecule has 0 bridgehead atoms. The molecular weight excluding hydrogens is 1460 g/mol. The van der Waals surface area contributed by atoms with Crippen LogP contribution in [0.3, 0.4) is 0 Å². The maximum Gasteiger partial charge on any atom is 0.261 e. The normalized spacial score (nSPS) is 12.8. The number of nitrogens with zero attached hydrogens (tertiary/aromatic N) is 12. The monoisotopic (exact) mass is 1620 g/mol. The largest absolute Gasteiger partial charge is 0.354 e. The molecule has 18 nitrogen and oxygen atoms in total. The highest BCUT2D eigenvalue weighted by molar-refractivity contribution is 6.41. The molecule has 4 heterocycles. The van der Waals surface area contributed by atoms with Gasteiger partial charge in [-0.25, -0.2) is 0 Å². The lowest BCUT2D eigenvalue weighted by atomic mass is 9.82. The number of unbranched alkanes of at least 4 members (excludes halogenated alkanes) is 40. The van der Waals surface area contributed by atoms with Crippen molar-refractivity contribution in [1.82, 2.24) is 39.7 Å². The first-order chi connectivity index (χ1) is 58.0. The van der Waals surface area contributed by atoms with Gasteiger partial charge in [-0.1, -0.05) is 336 Å². The van der Waals surface area contributed by atoms with Crippen molar-refractivity contribution in [1.29, 1.82) is 0 Å². The summed E-state index contributed by atoms with van der Waals surface area (Å²) in [6.07, 6.45) is 59.5. The Labute approximate surface area is 713 Å². The quantitative estimate of drug-likeness (QED) is 0.0158. The average Bonchev–Trinajstić information content (AvgIpc) is 0.690. The third-order valence-corrected chi connectivity index (χ3v) is 25.1. The Balaban J connectivity index is 0.923. The van der Waals surface area contributed by atoms with Gasteiger partial charge in [0.1, 0.15) is 0 Å². The van der Waals surface area contributed by atoms with Crippen LogP contribution in [0.1, 0.15) is 418 Å². The summed E-state index contributed by atoms with van der Waals surface area (Å²) in [6.45, 7) is 26.8. The van der Waals surface area contributed by atoms with E-state index in [1.807, 2.05) is 48.5 Å². The number of rotatable bonds is 70. The number of carbonyl (C=O) groups excluding carboxylic acids is 4. The van der Waals surface area contributed by atoms with Gasteiger partial charge in [0.15, 0.2) is 0 Å². The fourth-order valence-electron chi connectivity index (χ4n) is 18.0. The van der Waals surface area contributed by atoms with Gasteiger partial charge in [0.25, 0.3) is 23.6 Å². The van der Waals surface area contributed by atoms with E-state index in [2.05, 4.69) is 85.6 Å². The van der Waals surface area contributed by atoms with Gasteiger partial charge in [0.05, 0.1) is 0 Å². The summed E-state index contributed by atoms with van der Waals surface area (Å²) in [6, 6.07) is 15.5. The highest BCUT2D eigenvalue weighted by atomic mass is 16.2. The fraction of sp³-hybridized carbons (Fsp3) is 0.700. The predicted octanol–water partition coefficient (Wildman–Crippen LogP) is 26.4. The van der Waals surface area contributed by atoms with Gasteiger partial charge in [-0.15, -0.1) is 0 Å². The number of fused-ring (bicyclic) bond motifs is 2. The SMILES string of the molecule is CCCCCCCCN(CCCCCCCC)c1nc(NCCCN2C(=O)c3ccc4c5ccc6c7c(ccc(c8ccc(c3c48)C2=O)c75)C(=O)N(CCCNc2nc(N(CCCCCCCC)CCCCCCCC)nc(N(CCCCCCCC)CCCCCCCC)n2)C6=O)nc(N(CCCCCCCC)CCCCCCCC)n1. The Bertz CT molecular complexity index is 3520. The number of hydrogen-bond acceptors (Lipinski definition) is 16. The van der Waals surface area contributed by atoms with Crippen LogP contribution in [0.5, 0.6) is 0 Å². The maximum atomic E-state index is 15.0. The van der Waals surface area contributed by atoms with Gasteiger partial charge in [0, 0.05) is 112 Å². The van der Waals surface area contributed by atoms with Crippen molar-refractivity contribution in [3.8, 4) is 0 Å². The Morgan fingerprint density at radius 2 is 0.415 bits per heavy atom. The number of hydrogen-bond donors (Lipinski definition) is 2. The molecule has 7 aromatic rings. The van der Waals surface area contributed by atoms with Crippen molar-refractivity contribution in [3.05, 3.63) is 70.8 Å². The third kappa shape index (κ3) is 28.3. The van der Waals surface area contributed by atoms with Crippen molar-refractivity contribution in [2.45, 2.75) is 376 Å². The molecule has 2 N–H and O–H groups in total. The molecule has 0 saturated heterocycles. The lowest BCUT2D eigenvalue weighted by Gasteiger charge is -2.30. The van der Waals surface area contributed by atoms with Gasteiger partial charge in [-0.2, -0.15) is 29.9 Å². The Morgan fingerprint density at radius 3 is 0.610 bits per heavy atom. The molecule has 0 unspecified atom stereocenters. The number of amides is 4. The van der Waals surface area contributed by atoms with E-state index in [0.29, 0.717) is 70.9 Å². The first-order valence-electron chi connectivity index (χ1n) is 49.0. The van der Waals surface area contributed by atoms with Crippen LogP contribution in [-0.4, -0.2) is 142 Å². The van der Waals surface area contributed by atoms with E-state index >= 15 is 19.2 Å². The molecular formula is C100H158N14O4. The predicted molar refractivity (Wildman–Crippen MR) is 500 cm³/mol. The molecule has 5 aromatic carbocycles. The zero-order valence-corrected chi connectivity index (χ0v) is 75.5. The fourth-order valence-corrected chi connectivity index (χ4v) is 18.0. The van der Waals surface area contributed by atoms with Gasteiger partial charge >= 0.3 is 0 Å². The highest BCUT2D eigenvalue weighted by Crippen LogP contribution is 2.47. The smallest absolute Gasteiger partial charge is 0.261 e. The summed E-state index contributed by atoms with van der Waals surface area (Å²) >= 11 is 0. The summed E-state index contributed by atoms with van der Waals surface area (Å²) in [7, 11) is 0. The van der Waals surface area contributed by atoms with Crippen LogP contribution in [0.15, 0.2) is 48.5 Å². The van der Waals surface area contributed by atoms with Crippen molar-refractivity contribution >= 4 is 102 Å². The van der Waals surface area contributed by atoms with Crippen LogP contribution < -0.4 is 30.2 Å². The summed E-state index contributed by atoms with van der Waals surface area (Å²) in [5.41, 5.74) is 1.96. The van der Waals surface area contributed by atoms with Gasteiger partial charge in [0.2, 0.25) is 35.7 Å². The van der Waals surface area contributed by atoms with Crippen molar-refractivity contribution < 1.29 is 19.2 Å². The first-order valence-corrected chi connectivity index (χ1v) is 49.0. The highest BCUT2D eigenvalue weighted by Gasteiger charge is 2.37. The molecule has 0 spiro atoms. The lowest BCUT2D eigenvalue weighted by molar-refractivity contribution is 0.0594. The van der Waals surface area contributed by atoms with E-state index in [0.717, 1.165) is 160 Å². The average molecular weight is 1620 g/mol. The molecule has 0 atom stereocenters. The second kappa shape index (κ2) is 54.0. The molecule has 2 aliphatic rings. The van der Waals surface area contributed by atoms with Crippen LogP contribution in [0.25, 0.3) is 43.1 Å². The molecule has 0 radical (unpaired) electrons. The summed E-state index contributed by atoms with van der Waals surface area (Å²) < 4.78 is 0. The van der Waals surface area contributed by atoms with Gasteiger partial charge < -0.3 is 30.2 Å². The minimum absolute atomic E-state index is 0.212. The molecule has 0 aliphatic carbocycles. The van der Waals surface area contributed by atoms with E-state index in [4.69, 9.17) is 29.9 Å². The molecule has 18 heteroatoms. The van der Waals surface area contributed by atoms with Crippen molar-refractivity contribution in [3.63, 3.8) is 0 Å². The van der Waals surface area contributed by atoms with Crippen LogP contribution in [0.2, 0.25) is 0 Å². The number of imide groups is 2. The van der Waals surface area contributed by atoms with Crippen LogP contribution in [-0.2, 0) is 0 Å². The second-order valence-corrected chi connectivity index (χ2v) is 34.8. The molecule has 4 amide bonds. The van der Waals surface area contributed by atoms with Crippen LogP contribution in [0, 0.1) is 0 Å². The zero-order valence-electron chi connectivity index (χ0n) is 75.5. The Kier molecular flexibility index (Phi) is 43.2. The molecule has 2 aromatic heterocycles. The van der Waals surface area contributed by atoms with E-state index < -0.39 is 0 Å². The zero-order chi connectivity index (χ0) is 83.3. The van der Waals surface area contributed by atoms with E-state index in [-0.39, 0.29) is 36.7 Å². The molecule has 652 valence electrons. The van der Waals surface area contributed by atoms with Crippen molar-refractivity contribution in [2.24, 2.45) is 0 Å². The van der Waals surface area contributed by atoms with Gasteiger partial charge in [-0.3, -0.25) is 29.0 Å². The minimum atomic E-state index is -0.315. The van der Waals surface area contributed by atoms with Crippen LogP contribution >= 0.6 is 0 Å². The Morgan fingerprint density at radius 1 is 0.229 bits per heavy atom. The molecule has 9 rings (SSSR count). The second-order valence-electron chi connectivity index (χ2n) is 34.8. The van der Waals surface area contributed by atoms with E-state index in [9.17, 15) is 0 Å². The summed E-state index contributed by atoms with van der Waals surface area (Å²) in [5, 5.41) is 13.7. The summed E-state index contributed by atoms with van der Waals surface area (Å²) in [5.74, 6) is 2.80. The molecule has 118 heavy (non-hydrogen) atoms. The molecule has 2 aliphatic heterocycles. The number of benzene rings is 5. The standard InChI is InChI=1S/C100H158N14O4/c1-9-17-25-33-41-49-69-109(70-50-42-34-26-18-10-2)97-103-95(104-98(107-97)110(71-51-43-35-27-19-11-3)72-52-44-36-28-20-12-4)101-67-57-77-113-91(115)83-63-59-79-81-61-65-85-90-86(66-62-82(88(81)90)80-60-64-84(92(113)116)89(83)87(79)80)94(118)114(93(85)117)78-58-68-102-96-105-99(111(73-53-45-37-29-21-13-5)74-54-46-38-30-22-14-6)108-100(106-96)112(75-55-47-39-31-23-15-7)76-56-48-40-32-24-16-8/h59-66H,9-58,67-78H2,1-8H3,(H,101,103,104,107)(H,102,105,106,108). The number of aromatic nitrogens is 6.